The van der Waals surface area contributed by atoms with Gasteiger partial charge in [-0.15, -0.1) is 0 Å². The summed E-state index contributed by atoms with van der Waals surface area (Å²) in [6.45, 7) is 0.882. The van der Waals surface area contributed by atoms with Crippen LogP contribution in [0.15, 0.2) is 42.5 Å². The van der Waals surface area contributed by atoms with E-state index in [1.165, 1.54) is 32.2 Å². The lowest BCUT2D eigenvalue weighted by molar-refractivity contribution is -0.130. The van der Waals surface area contributed by atoms with Gasteiger partial charge in [0, 0.05) is 5.56 Å². The van der Waals surface area contributed by atoms with Gasteiger partial charge in [0.1, 0.15) is 11.3 Å². The molecule has 8 heteroatoms. The zero-order chi connectivity index (χ0) is 19.8. The average Bonchev–Trinajstić information content (AvgIpc) is 2.88. The fourth-order valence-electron chi connectivity index (χ4n) is 2.87. The Labute approximate surface area is 153 Å². The third-order valence-corrected chi connectivity index (χ3v) is 4.47. The lowest BCUT2D eigenvalue weighted by atomic mass is 9.92. The number of urea groups is 1. The minimum absolute atomic E-state index is 0.0797. The number of ketones is 1. The monoisotopic (exact) mass is 374 g/mol. The van der Waals surface area contributed by atoms with Crippen LogP contribution in [0, 0.1) is 11.6 Å². The number of rotatable bonds is 5. The summed E-state index contributed by atoms with van der Waals surface area (Å²) in [5.74, 6) is -2.93. The molecule has 1 aliphatic rings. The molecule has 27 heavy (non-hydrogen) atoms. The second-order valence-electron chi connectivity index (χ2n) is 6.23. The van der Waals surface area contributed by atoms with Gasteiger partial charge < -0.3 is 10.1 Å². The van der Waals surface area contributed by atoms with Crippen molar-refractivity contribution in [3.05, 3.63) is 65.2 Å². The first-order valence-corrected chi connectivity index (χ1v) is 8.03. The van der Waals surface area contributed by atoms with E-state index in [9.17, 15) is 23.2 Å². The van der Waals surface area contributed by atoms with Crippen LogP contribution in [-0.2, 0) is 10.3 Å². The van der Waals surface area contributed by atoms with Crippen LogP contribution in [0.2, 0.25) is 0 Å². The Kier molecular flexibility index (Phi) is 4.65. The van der Waals surface area contributed by atoms with Crippen molar-refractivity contribution in [2.75, 3.05) is 13.7 Å². The predicted molar refractivity (Wildman–Crippen MR) is 91.3 cm³/mol. The maximum Gasteiger partial charge on any atom is 0.325 e. The number of carbonyl (C=O) groups is 3. The van der Waals surface area contributed by atoms with Gasteiger partial charge in [0.15, 0.2) is 17.4 Å². The Morgan fingerprint density at radius 2 is 1.89 bits per heavy atom. The van der Waals surface area contributed by atoms with E-state index in [4.69, 9.17) is 4.74 Å². The van der Waals surface area contributed by atoms with Gasteiger partial charge in [-0.05, 0) is 36.8 Å². The molecule has 0 saturated carbocycles. The normalized spacial score (nSPS) is 19.2. The Hall–Kier alpha value is -3.29. The van der Waals surface area contributed by atoms with E-state index in [2.05, 4.69) is 5.32 Å². The van der Waals surface area contributed by atoms with Crippen LogP contribution in [0.1, 0.15) is 22.8 Å². The van der Waals surface area contributed by atoms with Crippen LogP contribution in [0.25, 0.3) is 0 Å². The molecule has 0 bridgehead atoms. The highest BCUT2D eigenvalue weighted by molar-refractivity contribution is 6.11. The van der Waals surface area contributed by atoms with Gasteiger partial charge in [0.2, 0.25) is 0 Å². The molecule has 0 aliphatic carbocycles. The molecular formula is C19H16F2N2O4. The molecular weight excluding hydrogens is 358 g/mol. The Morgan fingerprint density at radius 3 is 2.56 bits per heavy atom. The first-order chi connectivity index (χ1) is 12.8. The van der Waals surface area contributed by atoms with E-state index in [0.29, 0.717) is 5.75 Å². The van der Waals surface area contributed by atoms with Gasteiger partial charge in [-0.25, -0.2) is 13.6 Å². The number of benzene rings is 2. The summed E-state index contributed by atoms with van der Waals surface area (Å²) >= 11 is 0. The number of nitrogens with zero attached hydrogens (tertiary/aromatic N) is 1. The smallest absolute Gasteiger partial charge is 0.325 e. The standard InChI is InChI=1S/C19H16F2N2O4/c1-19(12-6-7-14(20)15(21)9-12)17(25)23(18(26)22-19)10-16(24)11-4-3-5-13(8-11)27-2/h3-9H,10H2,1-2H3,(H,22,26)/t19-/m1/s1. The van der Waals surface area contributed by atoms with Gasteiger partial charge in [0.05, 0.1) is 13.7 Å². The Balaban J connectivity index is 1.85. The molecule has 0 radical (unpaired) electrons. The number of Topliss-reactive ketones (excluding diaryl/α,β-unsaturated/α-hetero) is 1. The highest BCUT2D eigenvalue weighted by Crippen LogP contribution is 2.30. The third-order valence-electron chi connectivity index (χ3n) is 4.47. The summed E-state index contributed by atoms with van der Waals surface area (Å²) in [6, 6.07) is 8.45. The second-order valence-corrected chi connectivity index (χ2v) is 6.23. The van der Waals surface area contributed by atoms with Crippen molar-refractivity contribution < 1.29 is 27.9 Å². The largest absolute Gasteiger partial charge is 0.497 e. The van der Waals surface area contributed by atoms with E-state index >= 15 is 0 Å². The summed E-state index contributed by atoms with van der Waals surface area (Å²) in [5.41, 5.74) is -1.24. The zero-order valence-electron chi connectivity index (χ0n) is 14.6. The number of methoxy groups -OCH3 is 1. The number of imide groups is 1. The number of hydrogen-bond donors (Lipinski definition) is 1. The van der Waals surface area contributed by atoms with Crippen molar-refractivity contribution in [2.45, 2.75) is 12.5 Å². The SMILES string of the molecule is COc1cccc(C(=O)CN2C(=O)N[C@](C)(c3ccc(F)c(F)c3)C2=O)c1. The van der Waals surface area contributed by atoms with Gasteiger partial charge in [-0.2, -0.15) is 0 Å². The third kappa shape index (κ3) is 3.25. The number of carbonyl (C=O) groups excluding carboxylic acids is 3. The lowest BCUT2D eigenvalue weighted by Gasteiger charge is -2.22. The lowest BCUT2D eigenvalue weighted by Crippen LogP contribution is -2.41. The van der Waals surface area contributed by atoms with Crippen molar-refractivity contribution in [2.24, 2.45) is 0 Å². The van der Waals surface area contributed by atoms with E-state index < -0.39 is 41.4 Å². The summed E-state index contributed by atoms with van der Waals surface area (Å²) in [6.07, 6.45) is 0. The van der Waals surface area contributed by atoms with Crippen molar-refractivity contribution in [1.82, 2.24) is 10.2 Å². The van der Waals surface area contributed by atoms with Crippen LogP contribution < -0.4 is 10.1 Å². The average molecular weight is 374 g/mol. The van der Waals surface area contributed by atoms with Crippen LogP contribution in [0.3, 0.4) is 0 Å². The maximum atomic E-state index is 13.5. The molecule has 1 atom stereocenters. The van der Waals surface area contributed by atoms with E-state index in [1.54, 1.807) is 12.1 Å². The molecule has 6 nitrogen and oxygen atoms in total. The minimum Gasteiger partial charge on any atom is -0.497 e. The van der Waals surface area contributed by atoms with Gasteiger partial charge in [-0.1, -0.05) is 18.2 Å². The number of hydrogen-bond acceptors (Lipinski definition) is 4. The molecule has 1 heterocycles. The van der Waals surface area contributed by atoms with E-state index in [0.717, 1.165) is 17.0 Å². The second kappa shape index (κ2) is 6.79. The molecule has 2 aromatic rings. The summed E-state index contributed by atoms with van der Waals surface area (Å²) < 4.78 is 31.8. The molecule has 140 valence electrons. The Bertz CT molecular complexity index is 947. The van der Waals surface area contributed by atoms with Crippen molar-refractivity contribution >= 4 is 17.7 Å². The Morgan fingerprint density at radius 1 is 1.15 bits per heavy atom. The molecule has 1 fully saturated rings. The topological polar surface area (TPSA) is 75.7 Å². The number of nitrogens with one attached hydrogen (secondary N) is 1. The summed E-state index contributed by atoms with van der Waals surface area (Å²) in [4.78, 5) is 38.3. The molecule has 3 rings (SSSR count). The van der Waals surface area contributed by atoms with Crippen molar-refractivity contribution in [3.63, 3.8) is 0 Å². The van der Waals surface area contributed by atoms with Gasteiger partial charge >= 0.3 is 6.03 Å². The van der Waals surface area contributed by atoms with E-state index in [-0.39, 0.29) is 11.1 Å². The van der Waals surface area contributed by atoms with Crippen molar-refractivity contribution in [3.8, 4) is 5.75 Å². The fourth-order valence-corrected chi connectivity index (χ4v) is 2.87. The first kappa shape index (κ1) is 18.5. The highest BCUT2D eigenvalue weighted by atomic mass is 19.2. The first-order valence-electron chi connectivity index (χ1n) is 8.03. The predicted octanol–water partition coefficient (Wildman–Crippen LogP) is 2.62. The highest BCUT2D eigenvalue weighted by Gasteiger charge is 2.49. The molecule has 0 unspecified atom stereocenters. The number of halogens is 2. The summed E-state index contributed by atoms with van der Waals surface area (Å²) in [7, 11) is 1.45. The molecule has 3 amide bonds. The molecule has 1 saturated heterocycles. The maximum absolute atomic E-state index is 13.5. The van der Waals surface area contributed by atoms with Crippen molar-refractivity contribution in [1.29, 1.82) is 0 Å². The molecule has 1 aliphatic heterocycles. The van der Waals surface area contributed by atoms with Gasteiger partial charge in [0.25, 0.3) is 5.91 Å². The summed E-state index contributed by atoms with van der Waals surface area (Å²) in [5, 5.41) is 2.44. The molecule has 0 aromatic heterocycles. The van der Waals surface area contributed by atoms with Gasteiger partial charge in [-0.3, -0.25) is 14.5 Å². The van der Waals surface area contributed by atoms with E-state index in [1.807, 2.05) is 0 Å². The quantitative estimate of drug-likeness (QED) is 0.645. The zero-order valence-corrected chi connectivity index (χ0v) is 14.6. The van der Waals surface area contributed by atoms with Crippen LogP contribution in [-0.4, -0.2) is 36.3 Å². The number of ether oxygens (including phenoxy) is 1. The minimum atomic E-state index is -1.60. The molecule has 0 spiro atoms. The number of amides is 3. The molecule has 1 N–H and O–H groups in total. The molecule has 2 aromatic carbocycles. The van der Waals surface area contributed by atoms with Crippen LogP contribution in [0.4, 0.5) is 13.6 Å². The van der Waals surface area contributed by atoms with Crippen LogP contribution in [0.5, 0.6) is 5.75 Å². The fraction of sp³-hybridized carbons (Fsp3) is 0.211. The van der Waals surface area contributed by atoms with Crippen LogP contribution >= 0.6 is 0 Å².